The van der Waals surface area contributed by atoms with Gasteiger partial charge in [0.1, 0.15) is 6.61 Å². The minimum absolute atomic E-state index is 0.0397. The first-order valence-corrected chi connectivity index (χ1v) is 8.91. The molecule has 0 bridgehead atoms. The number of carboxylic acid groups (broad SMARTS) is 1. The van der Waals surface area contributed by atoms with Gasteiger partial charge in [0.2, 0.25) is 5.91 Å². The molecule has 1 amide bonds. The Hall–Kier alpha value is -2.28. The standard InChI is InChI=1S/C19H26N2O5/c1-13(21-9-8-19(2,12-21)18(23)24)17(22)20(3)10-14-11-25-15-6-4-5-7-16(15)26-14/h4-7,13-14H,8-12H2,1-3H3,(H,23,24). The van der Waals surface area contributed by atoms with E-state index in [1.54, 1.807) is 18.9 Å². The van der Waals surface area contributed by atoms with Crippen LogP contribution in [0.1, 0.15) is 20.3 Å². The fourth-order valence-electron chi connectivity index (χ4n) is 3.53. The van der Waals surface area contributed by atoms with Gasteiger partial charge in [0, 0.05) is 20.1 Å². The van der Waals surface area contributed by atoms with Crippen molar-refractivity contribution in [3.05, 3.63) is 24.3 Å². The summed E-state index contributed by atoms with van der Waals surface area (Å²) in [7, 11) is 1.75. The van der Waals surface area contributed by atoms with Gasteiger partial charge in [-0.25, -0.2) is 0 Å². The van der Waals surface area contributed by atoms with Crippen molar-refractivity contribution in [2.45, 2.75) is 32.4 Å². The summed E-state index contributed by atoms with van der Waals surface area (Å²) in [4.78, 5) is 27.8. The number of aliphatic carboxylic acids is 1. The lowest BCUT2D eigenvalue weighted by Crippen LogP contribution is -2.49. The predicted octanol–water partition coefficient (Wildman–Crippen LogP) is 1.47. The number of carbonyl (C=O) groups is 2. The summed E-state index contributed by atoms with van der Waals surface area (Å²) in [5, 5.41) is 9.36. The van der Waals surface area contributed by atoms with E-state index in [0.717, 1.165) is 5.75 Å². The van der Waals surface area contributed by atoms with E-state index >= 15 is 0 Å². The molecule has 3 rings (SSSR count). The third-order valence-electron chi connectivity index (χ3n) is 5.35. The molecule has 7 heteroatoms. The van der Waals surface area contributed by atoms with E-state index in [4.69, 9.17) is 9.47 Å². The molecule has 1 saturated heterocycles. The monoisotopic (exact) mass is 362 g/mol. The van der Waals surface area contributed by atoms with Crippen molar-refractivity contribution in [3.8, 4) is 11.5 Å². The molecule has 3 unspecified atom stereocenters. The van der Waals surface area contributed by atoms with Gasteiger partial charge in [-0.2, -0.15) is 0 Å². The van der Waals surface area contributed by atoms with Crippen LogP contribution in [-0.2, 0) is 9.59 Å². The van der Waals surface area contributed by atoms with Gasteiger partial charge >= 0.3 is 5.97 Å². The van der Waals surface area contributed by atoms with Crippen LogP contribution in [0.4, 0.5) is 0 Å². The zero-order valence-corrected chi connectivity index (χ0v) is 15.5. The Morgan fingerprint density at radius 3 is 2.73 bits per heavy atom. The van der Waals surface area contributed by atoms with Gasteiger partial charge in [-0.1, -0.05) is 12.1 Å². The second-order valence-electron chi connectivity index (χ2n) is 7.48. The van der Waals surface area contributed by atoms with Crippen LogP contribution in [0.5, 0.6) is 11.5 Å². The smallest absolute Gasteiger partial charge is 0.310 e. The number of hydrogen-bond donors (Lipinski definition) is 1. The van der Waals surface area contributed by atoms with E-state index in [-0.39, 0.29) is 18.1 Å². The quantitative estimate of drug-likeness (QED) is 0.855. The molecule has 1 aromatic rings. The van der Waals surface area contributed by atoms with Crippen molar-refractivity contribution in [1.82, 2.24) is 9.80 Å². The van der Waals surface area contributed by atoms with E-state index in [1.165, 1.54) is 0 Å². The maximum absolute atomic E-state index is 12.8. The number of fused-ring (bicyclic) bond motifs is 1. The molecule has 26 heavy (non-hydrogen) atoms. The van der Waals surface area contributed by atoms with Crippen LogP contribution in [0, 0.1) is 5.41 Å². The average Bonchev–Trinajstić information content (AvgIpc) is 3.04. The molecule has 0 aromatic heterocycles. The van der Waals surface area contributed by atoms with Crippen molar-refractivity contribution in [3.63, 3.8) is 0 Å². The van der Waals surface area contributed by atoms with Crippen LogP contribution in [0.2, 0.25) is 0 Å². The molecule has 2 aliphatic rings. The van der Waals surface area contributed by atoms with E-state index in [1.807, 2.05) is 36.1 Å². The number of likely N-dealkylation sites (N-methyl/N-ethyl adjacent to an activating group) is 1. The molecule has 0 saturated carbocycles. The maximum Gasteiger partial charge on any atom is 0.310 e. The topological polar surface area (TPSA) is 79.3 Å². The SMILES string of the molecule is CC(C(=O)N(C)CC1COc2ccccc2O1)N1CCC(C)(C(=O)O)C1. The van der Waals surface area contributed by atoms with Crippen LogP contribution >= 0.6 is 0 Å². The van der Waals surface area contributed by atoms with Gasteiger partial charge in [-0.3, -0.25) is 14.5 Å². The molecule has 2 heterocycles. The second kappa shape index (κ2) is 7.15. The second-order valence-corrected chi connectivity index (χ2v) is 7.48. The highest BCUT2D eigenvalue weighted by molar-refractivity contribution is 5.82. The molecule has 142 valence electrons. The summed E-state index contributed by atoms with van der Waals surface area (Å²) in [6.45, 7) is 5.38. The Morgan fingerprint density at radius 2 is 2.08 bits per heavy atom. The summed E-state index contributed by atoms with van der Waals surface area (Å²) in [6, 6.07) is 7.12. The van der Waals surface area contributed by atoms with Gasteiger partial charge in [0.05, 0.1) is 18.0 Å². The molecule has 1 aromatic carbocycles. The first-order chi connectivity index (χ1) is 12.3. The molecule has 7 nitrogen and oxygen atoms in total. The van der Waals surface area contributed by atoms with E-state index in [2.05, 4.69) is 0 Å². The molecule has 2 aliphatic heterocycles. The molecule has 0 spiro atoms. The highest BCUT2D eigenvalue weighted by Crippen LogP contribution is 2.32. The lowest BCUT2D eigenvalue weighted by atomic mass is 9.90. The lowest BCUT2D eigenvalue weighted by molar-refractivity contribution is -0.148. The van der Waals surface area contributed by atoms with Crippen molar-refractivity contribution in [2.24, 2.45) is 5.41 Å². The number of likely N-dealkylation sites (tertiary alicyclic amines) is 1. The number of rotatable bonds is 5. The number of para-hydroxylation sites is 2. The van der Waals surface area contributed by atoms with Crippen molar-refractivity contribution in [1.29, 1.82) is 0 Å². The zero-order chi connectivity index (χ0) is 18.9. The number of benzene rings is 1. The third kappa shape index (κ3) is 3.62. The Labute approximate surface area is 153 Å². The third-order valence-corrected chi connectivity index (χ3v) is 5.35. The van der Waals surface area contributed by atoms with Crippen molar-refractivity contribution < 1.29 is 24.2 Å². The largest absolute Gasteiger partial charge is 0.486 e. The lowest BCUT2D eigenvalue weighted by Gasteiger charge is -2.32. The summed E-state index contributed by atoms with van der Waals surface area (Å²) in [5.74, 6) is 0.562. The number of nitrogens with zero attached hydrogens (tertiary/aromatic N) is 2. The van der Waals surface area contributed by atoms with Crippen LogP contribution in [0.3, 0.4) is 0 Å². The molecular formula is C19H26N2O5. The molecule has 1 N–H and O–H groups in total. The Bertz CT molecular complexity index is 694. The number of carboxylic acids is 1. The fourth-order valence-corrected chi connectivity index (χ4v) is 3.53. The Kier molecular flexibility index (Phi) is 5.09. The highest BCUT2D eigenvalue weighted by atomic mass is 16.6. The van der Waals surface area contributed by atoms with Gasteiger partial charge in [-0.05, 0) is 32.4 Å². The molecule has 0 radical (unpaired) electrons. The fraction of sp³-hybridized carbons (Fsp3) is 0.579. The predicted molar refractivity (Wildman–Crippen MR) is 95.4 cm³/mol. The van der Waals surface area contributed by atoms with E-state index in [9.17, 15) is 14.7 Å². The van der Waals surface area contributed by atoms with Crippen molar-refractivity contribution in [2.75, 3.05) is 33.3 Å². The molecular weight excluding hydrogens is 336 g/mol. The number of hydrogen-bond acceptors (Lipinski definition) is 5. The summed E-state index contributed by atoms with van der Waals surface area (Å²) in [5.41, 5.74) is -0.781. The maximum atomic E-state index is 12.8. The van der Waals surface area contributed by atoms with Crippen LogP contribution in [0.25, 0.3) is 0 Å². The van der Waals surface area contributed by atoms with Gasteiger partial charge in [0.25, 0.3) is 0 Å². The van der Waals surface area contributed by atoms with Crippen LogP contribution < -0.4 is 9.47 Å². The zero-order valence-electron chi connectivity index (χ0n) is 15.5. The summed E-state index contributed by atoms with van der Waals surface area (Å²) >= 11 is 0. The normalized spacial score (nSPS) is 26.3. The van der Waals surface area contributed by atoms with Gasteiger partial charge < -0.3 is 19.5 Å². The summed E-state index contributed by atoms with van der Waals surface area (Å²) < 4.78 is 11.6. The van der Waals surface area contributed by atoms with Crippen molar-refractivity contribution >= 4 is 11.9 Å². The molecule has 0 aliphatic carbocycles. The minimum Gasteiger partial charge on any atom is -0.486 e. The van der Waals surface area contributed by atoms with Gasteiger partial charge in [0.15, 0.2) is 17.6 Å². The molecule has 1 fully saturated rings. The van der Waals surface area contributed by atoms with E-state index in [0.29, 0.717) is 38.4 Å². The van der Waals surface area contributed by atoms with E-state index < -0.39 is 11.4 Å². The minimum atomic E-state index is -0.806. The van der Waals surface area contributed by atoms with Gasteiger partial charge in [-0.15, -0.1) is 0 Å². The highest BCUT2D eigenvalue weighted by Gasteiger charge is 2.43. The van der Waals surface area contributed by atoms with Crippen LogP contribution in [-0.4, -0.2) is 72.2 Å². The summed E-state index contributed by atoms with van der Waals surface area (Å²) in [6.07, 6.45) is 0.328. The molecule has 3 atom stereocenters. The first kappa shape index (κ1) is 18.5. The Balaban J connectivity index is 1.56. The number of carbonyl (C=O) groups excluding carboxylic acids is 1. The van der Waals surface area contributed by atoms with Crippen LogP contribution in [0.15, 0.2) is 24.3 Å². The number of amides is 1. The first-order valence-electron chi connectivity index (χ1n) is 8.91. The number of ether oxygens (including phenoxy) is 2. The average molecular weight is 362 g/mol. The Morgan fingerprint density at radius 1 is 1.38 bits per heavy atom.